The van der Waals surface area contributed by atoms with E-state index in [4.69, 9.17) is 0 Å². The van der Waals surface area contributed by atoms with Gasteiger partial charge in [-0.05, 0) is 12.5 Å². The van der Waals surface area contributed by atoms with Crippen molar-refractivity contribution in [2.45, 2.75) is 24.7 Å². The van der Waals surface area contributed by atoms with Crippen LogP contribution in [0, 0.1) is 0 Å². The molecule has 2 unspecified atom stereocenters. The smallest absolute Gasteiger partial charge is 0.348 e. The van der Waals surface area contributed by atoms with E-state index in [2.05, 4.69) is 30.7 Å². The van der Waals surface area contributed by atoms with Gasteiger partial charge in [-0.15, -0.1) is 0 Å². The molecule has 2 N–H and O–H groups in total. The van der Waals surface area contributed by atoms with Gasteiger partial charge in [-0.1, -0.05) is 0 Å². The zero-order chi connectivity index (χ0) is 20.3. The number of nitrogens with zero attached hydrogens (tertiary/aromatic N) is 6. The summed E-state index contributed by atoms with van der Waals surface area (Å²) in [5.41, 5.74) is -1.19. The predicted octanol–water partition coefficient (Wildman–Crippen LogP) is 1.28. The van der Waals surface area contributed by atoms with Crippen molar-refractivity contribution in [3.8, 4) is 0 Å². The fourth-order valence-electron chi connectivity index (χ4n) is 4.00. The summed E-state index contributed by atoms with van der Waals surface area (Å²) in [5, 5.41) is 13.1. The first-order valence-corrected chi connectivity index (χ1v) is 9.07. The van der Waals surface area contributed by atoms with Gasteiger partial charge in [0.2, 0.25) is 0 Å². The molecular formula is C17H17F3N8O. The van der Waals surface area contributed by atoms with E-state index in [0.29, 0.717) is 12.1 Å². The molecule has 2 atom stereocenters. The molecule has 29 heavy (non-hydrogen) atoms. The van der Waals surface area contributed by atoms with Crippen LogP contribution in [-0.2, 0) is 13.2 Å². The van der Waals surface area contributed by atoms with Gasteiger partial charge in [0.05, 0.1) is 11.9 Å². The molecule has 0 aliphatic carbocycles. The molecule has 2 saturated heterocycles. The van der Waals surface area contributed by atoms with E-state index < -0.39 is 23.5 Å². The molecule has 152 valence electrons. The molecule has 0 radical (unpaired) electrons. The second-order valence-corrected chi connectivity index (χ2v) is 7.24. The normalized spacial score (nSPS) is 21.3. The van der Waals surface area contributed by atoms with E-state index in [1.165, 1.54) is 17.8 Å². The van der Waals surface area contributed by atoms with Crippen LogP contribution in [0.2, 0.25) is 0 Å². The Bertz CT molecular complexity index is 1090. The second kappa shape index (κ2) is 6.17. The van der Waals surface area contributed by atoms with Crippen LogP contribution in [0.5, 0.6) is 0 Å². The van der Waals surface area contributed by atoms with Gasteiger partial charge in [-0.3, -0.25) is 9.48 Å². The number of carbonyl (C=O) groups is 1. The Kier molecular flexibility index (Phi) is 3.81. The summed E-state index contributed by atoms with van der Waals surface area (Å²) in [4.78, 5) is 19.5. The molecule has 1 amide bonds. The first kappa shape index (κ1) is 17.9. The number of amides is 1. The number of aromatic nitrogens is 5. The van der Waals surface area contributed by atoms with Crippen molar-refractivity contribution in [2.75, 3.05) is 23.3 Å². The van der Waals surface area contributed by atoms with Crippen LogP contribution in [0.4, 0.5) is 24.7 Å². The first-order valence-electron chi connectivity index (χ1n) is 9.07. The first-order chi connectivity index (χ1) is 13.8. The molecule has 9 nitrogen and oxygen atoms in total. The van der Waals surface area contributed by atoms with E-state index in [1.54, 1.807) is 6.20 Å². The predicted molar refractivity (Wildman–Crippen MR) is 96.7 cm³/mol. The molecular weight excluding hydrogens is 389 g/mol. The fraction of sp³-hybridized carbons (Fsp3) is 0.412. The molecule has 0 aromatic carbocycles. The number of carbonyl (C=O) groups excluding carboxylic acids is 1. The number of halogens is 3. The lowest BCUT2D eigenvalue weighted by molar-refractivity contribution is -0.140. The summed E-state index contributed by atoms with van der Waals surface area (Å²) in [7, 11) is 1.35. The highest BCUT2D eigenvalue weighted by atomic mass is 19.4. The van der Waals surface area contributed by atoms with Crippen LogP contribution in [0.15, 0.2) is 24.7 Å². The lowest BCUT2D eigenvalue weighted by Gasteiger charge is -2.53. The Hall–Kier alpha value is -3.15. The number of aryl methyl sites for hydroxylation is 1. The maximum absolute atomic E-state index is 13.1. The summed E-state index contributed by atoms with van der Waals surface area (Å²) in [5.74, 6) is 0.000721. The number of piperidine rings is 1. The zero-order valence-corrected chi connectivity index (χ0v) is 15.3. The lowest BCUT2D eigenvalue weighted by atomic mass is 9.89. The van der Waals surface area contributed by atoms with Crippen molar-refractivity contribution < 1.29 is 18.0 Å². The number of nitrogens with one attached hydrogen (secondary N) is 2. The van der Waals surface area contributed by atoms with Crippen molar-refractivity contribution in [3.05, 3.63) is 35.9 Å². The van der Waals surface area contributed by atoms with Crippen molar-refractivity contribution in [3.63, 3.8) is 0 Å². The molecule has 0 saturated carbocycles. The molecule has 5 rings (SSSR count). The average molecular weight is 406 g/mol. The van der Waals surface area contributed by atoms with Crippen molar-refractivity contribution in [1.82, 2.24) is 29.7 Å². The van der Waals surface area contributed by atoms with Crippen LogP contribution in [0.1, 0.15) is 22.5 Å². The summed E-state index contributed by atoms with van der Waals surface area (Å²) in [6.07, 6.45) is 0.512. The molecule has 5 heterocycles. The number of hydrogen-bond acceptors (Lipinski definition) is 6. The van der Waals surface area contributed by atoms with E-state index in [0.717, 1.165) is 36.2 Å². The highest BCUT2D eigenvalue weighted by Gasteiger charge is 2.42. The molecule has 12 heteroatoms. The Morgan fingerprint density at radius 3 is 2.76 bits per heavy atom. The van der Waals surface area contributed by atoms with Gasteiger partial charge in [0.25, 0.3) is 5.91 Å². The van der Waals surface area contributed by atoms with E-state index in [-0.39, 0.29) is 11.2 Å². The van der Waals surface area contributed by atoms with E-state index in [9.17, 15) is 18.0 Å². The molecule has 3 aromatic rings. The van der Waals surface area contributed by atoms with E-state index in [1.807, 2.05) is 6.07 Å². The number of alkyl halides is 3. The third kappa shape index (κ3) is 2.90. The minimum Gasteiger partial charge on any atom is -0.348 e. The van der Waals surface area contributed by atoms with Gasteiger partial charge in [0, 0.05) is 44.6 Å². The summed E-state index contributed by atoms with van der Waals surface area (Å²) >= 11 is 0. The highest BCUT2D eigenvalue weighted by molar-refractivity contribution is 6.08. The molecule has 2 bridgehead atoms. The standard InChI is InChI=1S/C17H17F3N8O/c1-26-8-12(14(25-26)17(18,19)20)23-16(29)11-7-22-27-3-2-13(24-15(11)27)28-9-4-10(28)6-21-5-9/h2-3,7-10,21H,4-6H2,1H3,(H,23,29). The number of fused-ring (bicyclic) bond motifs is 3. The summed E-state index contributed by atoms with van der Waals surface area (Å²) in [6.45, 7) is 1.74. The fourth-order valence-corrected chi connectivity index (χ4v) is 4.00. The minimum absolute atomic E-state index is 0.0904. The average Bonchev–Trinajstić information content (AvgIpc) is 3.25. The quantitative estimate of drug-likeness (QED) is 0.681. The van der Waals surface area contributed by atoms with Crippen molar-refractivity contribution >= 4 is 23.1 Å². The number of piperazine rings is 1. The maximum Gasteiger partial charge on any atom is 0.437 e. The van der Waals surface area contributed by atoms with Crippen LogP contribution in [0.3, 0.4) is 0 Å². The Balaban J connectivity index is 1.46. The third-order valence-corrected chi connectivity index (χ3v) is 5.30. The molecule has 2 aliphatic heterocycles. The van der Waals surface area contributed by atoms with Gasteiger partial charge in [0.15, 0.2) is 11.3 Å². The third-order valence-electron chi connectivity index (χ3n) is 5.30. The van der Waals surface area contributed by atoms with Gasteiger partial charge < -0.3 is 15.5 Å². The Labute approximate surface area is 162 Å². The lowest BCUT2D eigenvalue weighted by Crippen LogP contribution is -2.68. The Morgan fingerprint density at radius 2 is 2.07 bits per heavy atom. The number of hydrogen-bond donors (Lipinski definition) is 2. The monoisotopic (exact) mass is 406 g/mol. The molecule has 2 fully saturated rings. The molecule has 0 spiro atoms. The number of anilines is 2. The second-order valence-electron chi connectivity index (χ2n) is 7.24. The van der Waals surface area contributed by atoms with Gasteiger partial charge in [-0.25, -0.2) is 9.50 Å². The van der Waals surface area contributed by atoms with Crippen LogP contribution < -0.4 is 15.5 Å². The zero-order valence-electron chi connectivity index (χ0n) is 15.3. The molecule has 3 aromatic heterocycles. The summed E-state index contributed by atoms with van der Waals surface area (Å²) < 4.78 is 41.9. The highest BCUT2D eigenvalue weighted by Crippen LogP contribution is 2.35. The number of rotatable bonds is 3. The van der Waals surface area contributed by atoms with Gasteiger partial charge in [-0.2, -0.15) is 23.4 Å². The van der Waals surface area contributed by atoms with Crippen LogP contribution >= 0.6 is 0 Å². The van der Waals surface area contributed by atoms with Crippen molar-refractivity contribution in [1.29, 1.82) is 0 Å². The SMILES string of the molecule is Cn1cc(NC(=O)c2cnn3ccc(N4C5CNCC4C5)nc23)c(C(F)(F)F)n1. The van der Waals surface area contributed by atoms with Crippen LogP contribution in [-0.4, -0.2) is 55.5 Å². The Morgan fingerprint density at radius 1 is 1.31 bits per heavy atom. The summed E-state index contributed by atoms with van der Waals surface area (Å²) in [6, 6.07) is 2.54. The molecule has 2 aliphatic rings. The van der Waals surface area contributed by atoms with E-state index >= 15 is 0 Å². The minimum atomic E-state index is -4.68. The van der Waals surface area contributed by atoms with Crippen molar-refractivity contribution in [2.24, 2.45) is 7.05 Å². The topological polar surface area (TPSA) is 92.4 Å². The largest absolute Gasteiger partial charge is 0.437 e. The van der Waals surface area contributed by atoms with Gasteiger partial charge in [0.1, 0.15) is 11.4 Å². The van der Waals surface area contributed by atoms with Crippen LogP contribution in [0.25, 0.3) is 5.65 Å². The van der Waals surface area contributed by atoms with Gasteiger partial charge >= 0.3 is 6.18 Å². The maximum atomic E-state index is 13.1.